The predicted molar refractivity (Wildman–Crippen MR) is 122 cm³/mol. The molecule has 0 fully saturated rings. The van der Waals surface area contributed by atoms with Crippen LogP contribution in [0, 0.1) is 0 Å². The quantitative estimate of drug-likeness (QED) is 0.367. The second-order valence-electron chi connectivity index (χ2n) is 7.60. The van der Waals surface area contributed by atoms with Crippen LogP contribution in [0.5, 0.6) is 5.75 Å². The molecule has 3 rings (SSSR count). The van der Waals surface area contributed by atoms with Gasteiger partial charge in [0, 0.05) is 14.1 Å². The van der Waals surface area contributed by atoms with Gasteiger partial charge in [0.05, 0.1) is 38.7 Å². The lowest BCUT2D eigenvalue weighted by Crippen LogP contribution is -2.38. The highest BCUT2D eigenvalue weighted by Crippen LogP contribution is 2.17. The SMILES string of the molecule is COc1ccc(/C=N\Nc2nc3c(c(=O)n(C)c(=O)n3C)n2C[C@H](O)COC(C)C)cc1. The van der Waals surface area contributed by atoms with Gasteiger partial charge in [0.1, 0.15) is 5.75 Å². The number of hydrogen-bond donors (Lipinski definition) is 2. The molecule has 0 radical (unpaired) electrons. The summed E-state index contributed by atoms with van der Waals surface area (Å²) >= 11 is 0. The Labute approximate surface area is 184 Å². The molecule has 0 bridgehead atoms. The van der Waals surface area contributed by atoms with Crippen molar-refractivity contribution in [3.05, 3.63) is 50.7 Å². The number of fused-ring (bicyclic) bond motifs is 1. The molecule has 0 aliphatic rings. The van der Waals surface area contributed by atoms with Gasteiger partial charge in [0.25, 0.3) is 5.56 Å². The monoisotopic (exact) mass is 444 g/mol. The molecule has 0 saturated heterocycles. The third-order valence-corrected chi connectivity index (χ3v) is 4.86. The highest BCUT2D eigenvalue weighted by Gasteiger charge is 2.21. The van der Waals surface area contributed by atoms with Crippen LogP contribution in [-0.2, 0) is 25.4 Å². The second kappa shape index (κ2) is 9.79. The van der Waals surface area contributed by atoms with Gasteiger partial charge in [0.15, 0.2) is 11.2 Å². The van der Waals surface area contributed by atoms with Crippen molar-refractivity contribution in [2.75, 3.05) is 19.1 Å². The number of ether oxygens (including phenoxy) is 2. The van der Waals surface area contributed by atoms with Crippen LogP contribution in [0.4, 0.5) is 5.95 Å². The Balaban J connectivity index is 1.98. The third-order valence-electron chi connectivity index (χ3n) is 4.86. The van der Waals surface area contributed by atoms with Gasteiger partial charge in [-0.25, -0.2) is 10.2 Å². The number of benzene rings is 1. The molecule has 0 aliphatic heterocycles. The lowest BCUT2D eigenvalue weighted by Gasteiger charge is -2.16. The molecule has 2 heterocycles. The number of nitrogens with one attached hydrogen (secondary N) is 1. The van der Waals surface area contributed by atoms with Crippen molar-refractivity contribution in [2.24, 2.45) is 19.2 Å². The maximum absolute atomic E-state index is 12.8. The Bertz CT molecular complexity index is 1220. The van der Waals surface area contributed by atoms with E-state index in [1.807, 2.05) is 26.0 Å². The smallest absolute Gasteiger partial charge is 0.332 e. The Morgan fingerprint density at radius 3 is 2.50 bits per heavy atom. The van der Waals surface area contributed by atoms with Crippen LogP contribution < -0.4 is 21.4 Å². The van der Waals surface area contributed by atoms with E-state index in [2.05, 4.69) is 15.5 Å². The summed E-state index contributed by atoms with van der Waals surface area (Å²) in [6.07, 6.45) is 0.630. The molecule has 1 aromatic carbocycles. The number of hydrogen-bond acceptors (Lipinski definition) is 8. The van der Waals surface area contributed by atoms with Crippen molar-refractivity contribution in [1.29, 1.82) is 0 Å². The van der Waals surface area contributed by atoms with Gasteiger partial charge in [0.2, 0.25) is 5.95 Å². The summed E-state index contributed by atoms with van der Waals surface area (Å²) in [5, 5.41) is 14.7. The second-order valence-corrected chi connectivity index (χ2v) is 7.60. The first-order valence-corrected chi connectivity index (χ1v) is 10.1. The number of rotatable bonds is 9. The van der Waals surface area contributed by atoms with E-state index in [1.165, 1.54) is 23.2 Å². The van der Waals surface area contributed by atoms with Crippen LogP contribution in [0.15, 0.2) is 39.0 Å². The Morgan fingerprint density at radius 2 is 1.88 bits per heavy atom. The summed E-state index contributed by atoms with van der Waals surface area (Å²) < 4.78 is 14.4. The minimum Gasteiger partial charge on any atom is -0.497 e. The number of imidazole rings is 1. The number of aliphatic hydroxyl groups is 1. The average molecular weight is 444 g/mol. The number of aliphatic hydroxyl groups excluding tert-OH is 1. The normalized spacial score (nSPS) is 12.7. The Kier molecular flexibility index (Phi) is 7.11. The lowest BCUT2D eigenvalue weighted by molar-refractivity contribution is -0.000109. The number of aryl methyl sites for hydroxylation is 1. The number of hydrazone groups is 1. The van der Waals surface area contributed by atoms with E-state index in [9.17, 15) is 14.7 Å². The summed E-state index contributed by atoms with van der Waals surface area (Å²) in [6, 6.07) is 7.28. The molecule has 0 amide bonds. The van der Waals surface area contributed by atoms with Crippen molar-refractivity contribution >= 4 is 23.3 Å². The number of aromatic nitrogens is 4. The highest BCUT2D eigenvalue weighted by molar-refractivity contribution is 5.80. The van der Waals surface area contributed by atoms with Crippen molar-refractivity contribution in [3.63, 3.8) is 0 Å². The fourth-order valence-corrected chi connectivity index (χ4v) is 3.13. The summed E-state index contributed by atoms with van der Waals surface area (Å²) in [5.41, 5.74) is 2.99. The van der Waals surface area contributed by atoms with Crippen molar-refractivity contribution in [1.82, 2.24) is 18.7 Å². The van der Waals surface area contributed by atoms with Gasteiger partial charge >= 0.3 is 5.69 Å². The van der Waals surface area contributed by atoms with Crippen LogP contribution in [0.2, 0.25) is 0 Å². The first-order chi connectivity index (χ1) is 15.2. The van der Waals surface area contributed by atoms with Crippen LogP contribution in [-0.4, -0.2) is 55.9 Å². The standard InChI is InChI=1S/C21H28N6O5/c1-13(2)32-12-15(28)11-27-17-18(25(3)21(30)26(4)19(17)29)23-20(27)24-22-10-14-6-8-16(31-5)9-7-14/h6-10,13,15,28H,11-12H2,1-5H3,(H,23,24)/b22-10-/t15-/m0/s1. The zero-order valence-electron chi connectivity index (χ0n) is 18.8. The zero-order valence-corrected chi connectivity index (χ0v) is 18.8. The summed E-state index contributed by atoms with van der Waals surface area (Å²) in [5.74, 6) is 0.943. The van der Waals surface area contributed by atoms with E-state index < -0.39 is 17.4 Å². The molecule has 0 saturated carbocycles. The minimum atomic E-state index is -0.900. The van der Waals surface area contributed by atoms with E-state index in [4.69, 9.17) is 9.47 Å². The average Bonchev–Trinajstić information content (AvgIpc) is 3.13. The Hall–Kier alpha value is -3.44. The molecule has 11 nitrogen and oxygen atoms in total. The highest BCUT2D eigenvalue weighted by atomic mass is 16.5. The van der Waals surface area contributed by atoms with Gasteiger partial charge in [-0.15, -0.1) is 0 Å². The third kappa shape index (κ3) is 4.89. The fraction of sp³-hybridized carbons (Fsp3) is 0.429. The van der Waals surface area contributed by atoms with E-state index in [0.29, 0.717) is 0 Å². The molecule has 0 spiro atoms. The van der Waals surface area contributed by atoms with Gasteiger partial charge < -0.3 is 19.1 Å². The number of nitrogens with zero attached hydrogens (tertiary/aromatic N) is 5. The lowest BCUT2D eigenvalue weighted by atomic mass is 10.2. The van der Waals surface area contributed by atoms with E-state index in [1.54, 1.807) is 25.5 Å². The van der Waals surface area contributed by atoms with E-state index in [-0.39, 0.29) is 36.4 Å². The van der Waals surface area contributed by atoms with E-state index >= 15 is 0 Å². The molecule has 172 valence electrons. The van der Waals surface area contributed by atoms with E-state index in [0.717, 1.165) is 15.9 Å². The van der Waals surface area contributed by atoms with Gasteiger partial charge in [-0.3, -0.25) is 13.9 Å². The molecule has 11 heteroatoms. The number of anilines is 1. The first-order valence-electron chi connectivity index (χ1n) is 10.1. The predicted octanol–water partition coefficient (Wildman–Crippen LogP) is 0.674. The van der Waals surface area contributed by atoms with Gasteiger partial charge in [-0.05, 0) is 43.7 Å². The molecule has 32 heavy (non-hydrogen) atoms. The molecule has 0 unspecified atom stereocenters. The van der Waals surface area contributed by atoms with Crippen LogP contribution in [0.25, 0.3) is 11.2 Å². The molecule has 2 N–H and O–H groups in total. The molecule has 1 atom stereocenters. The maximum atomic E-state index is 12.8. The summed E-state index contributed by atoms with van der Waals surface area (Å²) in [6.45, 7) is 3.84. The first kappa shape index (κ1) is 23.2. The van der Waals surface area contributed by atoms with Gasteiger partial charge in [-0.2, -0.15) is 10.1 Å². The van der Waals surface area contributed by atoms with Gasteiger partial charge in [-0.1, -0.05) is 0 Å². The minimum absolute atomic E-state index is 0.0249. The largest absolute Gasteiger partial charge is 0.497 e. The van der Waals surface area contributed by atoms with Crippen LogP contribution in [0.1, 0.15) is 19.4 Å². The molecule has 2 aromatic heterocycles. The number of methoxy groups -OCH3 is 1. The van der Waals surface area contributed by atoms with Crippen molar-refractivity contribution < 1.29 is 14.6 Å². The molecular weight excluding hydrogens is 416 g/mol. The topological polar surface area (TPSA) is 125 Å². The fourth-order valence-electron chi connectivity index (χ4n) is 3.13. The van der Waals surface area contributed by atoms with Crippen molar-refractivity contribution in [3.8, 4) is 5.75 Å². The molecular formula is C21H28N6O5. The Morgan fingerprint density at radius 1 is 1.19 bits per heavy atom. The summed E-state index contributed by atoms with van der Waals surface area (Å²) in [4.78, 5) is 29.6. The summed E-state index contributed by atoms with van der Waals surface area (Å²) in [7, 11) is 4.52. The van der Waals surface area contributed by atoms with Crippen LogP contribution in [0.3, 0.4) is 0 Å². The van der Waals surface area contributed by atoms with Crippen LogP contribution >= 0.6 is 0 Å². The zero-order chi connectivity index (χ0) is 23.4. The maximum Gasteiger partial charge on any atom is 0.332 e. The molecule has 3 aromatic rings. The molecule has 0 aliphatic carbocycles. The van der Waals surface area contributed by atoms with Crippen molar-refractivity contribution in [2.45, 2.75) is 32.6 Å².